The predicted octanol–water partition coefficient (Wildman–Crippen LogP) is 1.57. The maximum absolute atomic E-state index is 12.8. The Bertz CT molecular complexity index is 671. The van der Waals surface area contributed by atoms with Crippen molar-refractivity contribution in [3.63, 3.8) is 0 Å². The lowest BCUT2D eigenvalue weighted by Gasteiger charge is -2.09. The van der Waals surface area contributed by atoms with Crippen molar-refractivity contribution >= 4 is 17.5 Å². The molecule has 0 aliphatic heterocycles. The zero-order valence-electron chi connectivity index (χ0n) is 11.7. The lowest BCUT2D eigenvalue weighted by atomic mass is 10.1. The number of halogens is 1. The summed E-state index contributed by atoms with van der Waals surface area (Å²) in [5, 5.41) is 14.0. The van der Waals surface area contributed by atoms with Crippen LogP contribution in [0.3, 0.4) is 0 Å². The molecule has 0 bridgehead atoms. The normalized spacial score (nSPS) is 10.1. The summed E-state index contributed by atoms with van der Waals surface area (Å²) in [6, 6.07) is 12.1. The number of rotatable bonds is 4. The third kappa shape index (κ3) is 4.13. The Morgan fingerprint density at radius 2 is 1.59 bits per heavy atom. The molecule has 2 aromatic carbocycles. The Hall–Kier alpha value is -2.73. The average molecular weight is 302 g/mol. The second-order valence-corrected chi connectivity index (χ2v) is 4.57. The number of hydrogen-bond donors (Lipinski definition) is 3. The van der Waals surface area contributed by atoms with Crippen LogP contribution >= 0.6 is 0 Å². The van der Waals surface area contributed by atoms with E-state index in [4.69, 9.17) is 0 Å². The Balaban J connectivity index is 1.91. The molecule has 0 fully saturated rings. The van der Waals surface area contributed by atoms with Crippen LogP contribution in [0.4, 0.5) is 10.1 Å². The Labute approximate surface area is 126 Å². The van der Waals surface area contributed by atoms with Gasteiger partial charge in [0.1, 0.15) is 5.82 Å². The molecule has 2 rings (SSSR count). The summed E-state index contributed by atoms with van der Waals surface area (Å²) >= 11 is 0. The number of benzene rings is 2. The maximum Gasteiger partial charge on any atom is 0.313 e. The van der Waals surface area contributed by atoms with Crippen LogP contribution in [0, 0.1) is 5.82 Å². The molecule has 0 radical (unpaired) electrons. The van der Waals surface area contributed by atoms with Crippen molar-refractivity contribution in [1.29, 1.82) is 0 Å². The second kappa shape index (κ2) is 7.33. The Kier molecular flexibility index (Phi) is 5.21. The van der Waals surface area contributed by atoms with E-state index in [0.717, 1.165) is 5.56 Å². The fraction of sp³-hybridized carbons (Fsp3) is 0.125. The minimum atomic E-state index is -0.840. The van der Waals surface area contributed by atoms with Crippen LogP contribution in [0.25, 0.3) is 0 Å². The third-order valence-corrected chi connectivity index (χ3v) is 3.04. The summed E-state index contributed by atoms with van der Waals surface area (Å²) in [6.07, 6.45) is 0. The number of amides is 2. The highest BCUT2D eigenvalue weighted by molar-refractivity contribution is 6.39. The van der Waals surface area contributed by atoms with Gasteiger partial charge in [0.05, 0.1) is 6.61 Å². The van der Waals surface area contributed by atoms with Crippen LogP contribution < -0.4 is 10.6 Å². The van der Waals surface area contributed by atoms with E-state index in [2.05, 4.69) is 10.6 Å². The number of anilines is 1. The molecule has 0 atom stereocenters. The summed E-state index contributed by atoms with van der Waals surface area (Å²) in [7, 11) is 0. The van der Waals surface area contributed by atoms with Gasteiger partial charge < -0.3 is 15.7 Å². The third-order valence-electron chi connectivity index (χ3n) is 3.04. The topological polar surface area (TPSA) is 78.4 Å². The molecule has 114 valence electrons. The molecule has 0 aliphatic rings. The summed E-state index contributed by atoms with van der Waals surface area (Å²) in [6.45, 7) is -0.0137. The zero-order chi connectivity index (χ0) is 15.9. The van der Waals surface area contributed by atoms with Crippen molar-refractivity contribution in [3.8, 4) is 0 Å². The van der Waals surface area contributed by atoms with Crippen molar-refractivity contribution in [2.75, 3.05) is 5.32 Å². The SMILES string of the molecule is O=C(NCc1ccccc1CO)C(=O)Nc1ccc(F)cc1. The van der Waals surface area contributed by atoms with Crippen LogP contribution in [0.1, 0.15) is 11.1 Å². The van der Waals surface area contributed by atoms with E-state index in [0.29, 0.717) is 11.3 Å². The van der Waals surface area contributed by atoms with Gasteiger partial charge in [-0.3, -0.25) is 9.59 Å². The van der Waals surface area contributed by atoms with Crippen LogP contribution in [0.5, 0.6) is 0 Å². The molecule has 22 heavy (non-hydrogen) atoms. The van der Waals surface area contributed by atoms with Crippen LogP contribution in [-0.2, 0) is 22.7 Å². The van der Waals surface area contributed by atoms with Crippen molar-refractivity contribution < 1.29 is 19.1 Å². The number of carbonyl (C=O) groups excluding carboxylic acids is 2. The van der Waals surface area contributed by atoms with E-state index >= 15 is 0 Å². The molecule has 0 aromatic heterocycles. The fourth-order valence-corrected chi connectivity index (χ4v) is 1.86. The van der Waals surface area contributed by atoms with E-state index in [1.54, 1.807) is 24.3 Å². The summed E-state index contributed by atoms with van der Waals surface area (Å²) in [5.74, 6) is -2.08. The lowest BCUT2D eigenvalue weighted by molar-refractivity contribution is -0.136. The number of carbonyl (C=O) groups is 2. The molecular formula is C16H15FN2O3. The van der Waals surface area contributed by atoms with Crippen LogP contribution in [-0.4, -0.2) is 16.9 Å². The molecule has 5 nitrogen and oxygen atoms in total. The molecule has 6 heteroatoms. The van der Waals surface area contributed by atoms with Crippen LogP contribution in [0.2, 0.25) is 0 Å². The van der Waals surface area contributed by atoms with Gasteiger partial charge in [-0.1, -0.05) is 24.3 Å². The molecule has 0 unspecified atom stereocenters. The second-order valence-electron chi connectivity index (χ2n) is 4.57. The molecule has 3 N–H and O–H groups in total. The molecule has 0 aliphatic carbocycles. The summed E-state index contributed by atoms with van der Waals surface area (Å²) in [5.41, 5.74) is 1.74. The van der Waals surface area contributed by atoms with Gasteiger partial charge in [-0.05, 0) is 35.4 Å². The first-order valence-corrected chi connectivity index (χ1v) is 6.62. The van der Waals surface area contributed by atoms with Gasteiger partial charge in [-0.2, -0.15) is 0 Å². The minimum absolute atomic E-state index is 0.131. The zero-order valence-corrected chi connectivity index (χ0v) is 11.7. The number of hydrogen-bond acceptors (Lipinski definition) is 3. The Morgan fingerprint density at radius 3 is 2.23 bits per heavy atom. The Morgan fingerprint density at radius 1 is 0.955 bits per heavy atom. The van der Waals surface area contributed by atoms with Gasteiger partial charge in [-0.25, -0.2) is 4.39 Å². The standard InChI is InChI=1S/C16H15FN2O3/c17-13-5-7-14(8-6-13)19-16(22)15(21)18-9-11-3-1-2-4-12(11)10-20/h1-8,20H,9-10H2,(H,18,21)(H,19,22). The predicted molar refractivity (Wildman–Crippen MR) is 79.2 cm³/mol. The lowest BCUT2D eigenvalue weighted by Crippen LogP contribution is -2.35. The van der Waals surface area contributed by atoms with Crippen molar-refractivity contribution in [1.82, 2.24) is 5.32 Å². The molecule has 2 aromatic rings. The van der Waals surface area contributed by atoms with Gasteiger partial charge in [0.15, 0.2) is 0 Å². The van der Waals surface area contributed by atoms with E-state index in [1.165, 1.54) is 24.3 Å². The van der Waals surface area contributed by atoms with Gasteiger partial charge in [0.25, 0.3) is 0 Å². The number of nitrogens with one attached hydrogen (secondary N) is 2. The number of aliphatic hydroxyl groups excluding tert-OH is 1. The van der Waals surface area contributed by atoms with Crippen LogP contribution in [0.15, 0.2) is 48.5 Å². The monoisotopic (exact) mass is 302 g/mol. The van der Waals surface area contributed by atoms with Gasteiger partial charge in [-0.15, -0.1) is 0 Å². The smallest absolute Gasteiger partial charge is 0.313 e. The van der Waals surface area contributed by atoms with E-state index in [1.807, 2.05) is 0 Å². The molecular weight excluding hydrogens is 287 g/mol. The summed E-state index contributed by atoms with van der Waals surface area (Å²) < 4.78 is 12.8. The fourth-order valence-electron chi connectivity index (χ4n) is 1.86. The first kappa shape index (κ1) is 15.7. The molecule has 0 heterocycles. The highest BCUT2D eigenvalue weighted by atomic mass is 19.1. The summed E-state index contributed by atoms with van der Waals surface area (Å²) in [4.78, 5) is 23.4. The quantitative estimate of drug-likeness (QED) is 0.750. The van der Waals surface area contributed by atoms with Crippen molar-refractivity contribution in [3.05, 3.63) is 65.5 Å². The first-order chi connectivity index (χ1) is 10.6. The maximum atomic E-state index is 12.8. The highest BCUT2D eigenvalue weighted by Crippen LogP contribution is 2.09. The van der Waals surface area contributed by atoms with Gasteiger partial charge in [0, 0.05) is 12.2 Å². The average Bonchev–Trinajstić information content (AvgIpc) is 2.54. The largest absolute Gasteiger partial charge is 0.392 e. The van der Waals surface area contributed by atoms with E-state index in [9.17, 15) is 19.1 Å². The highest BCUT2D eigenvalue weighted by Gasteiger charge is 2.14. The number of aliphatic hydroxyl groups is 1. The van der Waals surface area contributed by atoms with Gasteiger partial charge in [0.2, 0.25) is 0 Å². The first-order valence-electron chi connectivity index (χ1n) is 6.62. The molecule has 0 spiro atoms. The minimum Gasteiger partial charge on any atom is -0.392 e. The van der Waals surface area contributed by atoms with Crippen molar-refractivity contribution in [2.45, 2.75) is 13.2 Å². The molecule has 0 saturated carbocycles. The molecule has 2 amide bonds. The van der Waals surface area contributed by atoms with Crippen molar-refractivity contribution in [2.24, 2.45) is 0 Å². The van der Waals surface area contributed by atoms with E-state index in [-0.39, 0.29) is 13.2 Å². The van der Waals surface area contributed by atoms with Gasteiger partial charge >= 0.3 is 11.8 Å². The van der Waals surface area contributed by atoms with E-state index < -0.39 is 17.6 Å². The molecule has 0 saturated heterocycles.